The second-order valence-electron chi connectivity index (χ2n) is 7.35. The molecule has 2 atom stereocenters. The van der Waals surface area contributed by atoms with Crippen molar-refractivity contribution in [1.82, 2.24) is 10.2 Å². The van der Waals surface area contributed by atoms with Crippen molar-refractivity contribution in [2.75, 3.05) is 0 Å². The fourth-order valence-corrected chi connectivity index (χ4v) is 3.42. The highest BCUT2D eigenvalue weighted by Crippen LogP contribution is 2.24. The Labute approximate surface area is 183 Å². The van der Waals surface area contributed by atoms with Gasteiger partial charge in [-0.15, -0.1) is 0 Å². The van der Waals surface area contributed by atoms with Crippen molar-refractivity contribution in [3.05, 3.63) is 69.2 Å². The zero-order chi connectivity index (χ0) is 21.6. The highest BCUT2D eigenvalue weighted by atomic mass is 35.5. The third kappa shape index (κ3) is 6.48. The van der Waals surface area contributed by atoms with Gasteiger partial charge in [-0.3, -0.25) is 9.59 Å². The number of carbonyl (C=O) groups is 2. The summed E-state index contributed by atoms with van der Waals surface area (Å²) in [6, 6.07) is 12.3. The lowest BCUT2D eigenvalue weighted by Gasteiger charge is -2.30. The van der Waals surface area contributed by atoms with E-state index in [0.29, 0.717) is 10.0 Å². The Hall–Kier alpha value is -2.04. The topological polar surface area (TPSA) is 49.4 Å². The van der Waals surface area contributed by atoms with Gasteiger partial charge in [0.15, 0.2) is 0 Å². The first kappa shape index (κ1) is 23.2. The van der Waals surface area contributed by atoms with Gasteiger partial charge < -0.3 is 10.2 Å². The molecule has 6 heteroatoms. The summed E-state index contributed by atoms with van der Waals surface area (Å²) in [5.41, 5.74) is 2.73. The number of nitrogens with one attached hydrogen (secondary N) is 1. The molecule has 156 valence electrons. The third-order valence-electron chi connectivity index (χ3n) is 5.13. The molecular formula is C23H28Cl2N2O2. The lowest BCUT2D eigenvalue weighted by molar-refractivity contribution is -0.140. The molecule has 0 unspecified atom stereocenters. The van der Waals surface area contributed by atoms with E-state index in [9.17, 15) is 9.59 Å². The minimum Gasteiger partial charge on any atom is -0.352 e. The van der Waals surface area contributed by atoms with Gasteiger partial charge in [0, 0.05) is 22.6 Å². The second kappa shape index (κ2) is 10.7. The largest absolute Gasteiger partial charge is 0.352 e. The number of aryl methyl sites for hydroxylation is 1. The Balaban J connectivity index is 2.29. The van der Waals surface area contributed by atoms with Crippen LogP contribution in [0.1, 0.15) is 43.9 Å². The summed E-state index contributed by atoms with van der Waals surface area (Å²) < 4.78 is 0. The van der Waals surface area contributed by atoms with E-state index in [2.05, 4.69) is 5.32 Å². The van der Waals surface area contributed by atoms with Gasteiger partial charge in [0.1, 0.15) is 6.04 Å². The maximum atomic E-state index is 13.2. The maximum Gasteiger partial charge on any atom is 0.242 e. The van der Waals surface area contributed by atoms with Crippen LogP contribution >= 0.6 is 23.2 Å². The van der Waals surface area contributed by atoms with E-state index < -0.39 is 6.04 Å². The molecule has 0 radical (unpaired) electrons. The molecule has 1 N–H and O–H groups in total. The van der Waals surface area contributed by atoms with Crippen molar-refractivity contribution in [3.63, 3.8) is 0 Å². The van der Waals surface area contributed by atoms with Gasteiger partial charge in [0.25, 0.3) is 0 Å². The molecule has 0 saturated heterocycles. The average molecular weight is 435 g/mol. The van der Waals surface area contributed by atoms with Gasteiger partial charge in [-0.05, 0) is 56.0 Å². The predicted molar refractivity (Wildman–Crippen MR) is 119 cm³/mol. The Bertz CT molecular complexity index is 870. The monoisotopic (exact) mass is 434 g/mol. The number of carbonyl (C=O) groups excluding carboxylic acids is 2. The van der Waals surface area contributed by atoms with Crippen LogP contribution in [-0.2, 0) is 22.6 Å². The SMILES string of the molecule is CC[C@H](C)NC(=O)[C@@H](C)N(Cc1ccc(Cl)cc1Cl)C(=O)Cc1ccccc1C. The molecule has 0 spiro atoms. The first-order valence-electron chi connectivity index (χ1n) is 9.81. The molecule has 2 amide bonds. The standard InChI is InChI=1S/C23H28Cl2N2O2/c1-5-16(3)26-23(29)17(4)27(14-19-10-11-20(24)13-21(19)25)22(28)12-18-9-7-6-8-15(18)2/h6-11,13,16-17H,5,12,14H2,1-4H3,(H,26,29)/t16-,17+/m0/s1. The van der Waals surface area contributed by atoms with E-state index in [4.69, 9.17) is 23.2 Å². The fraction of sp³-hybridized carbons (Fsp3) is 0.391. The van der Waals surface area contributed by atoms with Crippen LogP contribution in [0.25, 0.3) is 0 Å². The highest BCUT2D eigenvalue weighted by Gasteiger charge is 2.27. The molecule has 0 aromatic heterocycles. The Morgan fingerprint density at radius 2 is 1.76 bits per heavy atom. The molecule has 0 aliphatic carbocycles. The van der Waals surface area contributed by atoms with Crippen molar-refractivity contribution in [3.8, 4) is 0 Å². The first-order valence-corrected chi connectivity index (χ1v) is 10.6. The Kier molecular flexibility index (Phi) is 8.54. The minimum atomic E-state index is -0.632. The first-order chi connectivity index (χ1) is 13.7. The van der Waals surface area contributed by atoms with Crippen LogP contribution in [0.15, 0.2) is 42.5 Å². The third-order valence-corrected chi connectivity index (χ3v) is 5.71. The fourth-order valence-electron chi connectivity index (χ4n) is 2.95. The molecule has 2 rings (SSSR count). The summed E-state index contributed by atoms with van der Waals surface area (Å²) in [6.45, 7) is 7.90. The minimum absolute atomic E-state index is 0.0392. The summed E-state index contributed by atoms with van der Waals surface area (Å²) in [6.07, 6.45) is 1.04. The van der Waals surface area contributed by atoms with Crippen LogP contribution in [0.2, 0.25) is 10.0 Å². The van der Waals surface area contributed by atoms with Crippen LogP contribution in [0, 0.1) is 6.92 Å². The number of amides is 2. The highest BCUT2D eigenvalue weighted by molar-refractivity contribution is 6.35. The van der Waals surface area contributed by atoms with E-state index in [1.807, 2.05) is 45.0 Å². The number of benzene rings is 2. The lowest BCUT2D eigenvalue weighted by atomic mass is 10.0. The van der Waals surface area contributed by atoms with Crippen LogP contribution in [-0.4, -0.2) is 28.8 Å². The van der Waals surface area contributed by atoms with Gasteiger partial charge in [-0.1, -0.05) is 60.5 Å². The van der Waals surface area contributed by atoms with Gasteiger partial charge in [0.2, 0.25) is 11.8 Å². The van der Waals surface area contributed by atoms with Crippen LogP contribution in [0.5, 0.6) is 0 Å². The summed E-state index contributed by atoms with van der Waals surface area (Å²) in [5, 5.41) is 3.96. The van der Waals surface area contributed by atoms with Gasteiger partial charge in [0.05, 0.1) is 6.42 Å². The zero-order valence-electron chi connectivity index (χ0n) is 17.3. The van der Waals surface area contributed by atoms with E-state index in [1.54, 1.807) is 30.0 Å². The number of rotatable bonds is 8. The number of nitrogens with zero attached hydrogens (tertiary/aromatic N) is 1. The van der Waals surface area contributed by atoms with Crippen molar-refractivity contribution in [1.29, 1.82) is 0 Å². The molecule has 2 aromatic carbocycles. The van der Waals surface area contributed by atoms with Crippen LogP contribution in [0.3, 0.4) is 0 Å². The summed E-state index contributed by atoms with van der Waals surface area (Å²) in [5.74, 6) is -0.306. The van der Waals surface area contributed by atoms with Crippen molar-refractivity contribution < 1.29 is 9.59 Å². The molecule has 0 saturated carbocycles. The van der Waals surface area contributed by atoms with E-state index in [-0.39, 0.29) is 30.8 Å². The van der Waals surface area contributed by atoms with Crippen molar-refractivity contribution >= 4 is 35.0 Å². The van der Waals surface area contributed by atoms with E-state index in [1.165, 1.54) is 0 Å². The molecule has 2 aromatic rings. The number of hydrogen-bond donors (Lipinski definition) is 1. The number of hydrogen-bond acceptors (Lipinski definition) is 2. The molecule has 0 aliphatic heterocycles. The quantitative estimate of drug-likeness (QED) is 0.622. The van der Waals surface area contributed by atoms with Crippen LogP contribution in [0.4, 0.5) is 0 Å². The molecule has 29 heavy (non-hydrogen) atoms. The van der Waals surface area contributed by atoms with Crippen LogP contribution < -0.4 is 5.32 Å². The number of halogens is 2. The summed E-state index contributed by atoms with van der Waals surface area (Å²) in [7, 11) is 0. The molecule has 0 aliphatic rings. The molecule has 4 nitrogen and oxygen atoms in total. The molecule has 0 bridgehead atoms. The Morgan fingerprint density at radius 1 is 1.07 bits per heavy atom. The lowest BCUT2D eigenvalue weighted by Crippen LogP contribution is -2.50. The van der Waals surface area contributed by atoms with E-state index in [0.717, 1.165) is 23.1 Å². The molecular weight excluding hydrogens is 407 g/mol. The van der Waals surface area contributed by atoms with Gasteiger partial charge >= 0.3 is 0 Å². The average Bonchev–Trinajstić information content (AvgIpc) is 2.68. The summed E-state index contributed by atoms with van der Waals surface area (Å²) in [4.78, 5) is 27.6. The smallest absolute Gasteiger partial charge is 0.242 e. The van der Waals surface area contributed by atoms with Crippen molar-refractivity contribution in [2.45, 2.75) is 59.2 Å². The van der Waals surface area contributed by atoms with Crippen molar-refractivity contribution in [2.24, 2.45) is 0 Å². The maximum absolute atomic E-state index is 13.2. The normalized spacial score (nSPS) is 12.9. The summed E-state index contributed by atoms with van der Waals surface area (Å²) >= 11 is 12.3. The van der Waals surface area contributed by atoms with Gasteiger partial charge in [-0.25, -0.2) is 0 Å². The zero-order valence-corrected chi connectivity index (χ0v) is 18.8. The Morgan fingerprint density at radius 3 is 2.38 bits per heavy atom. The predicted octanol–water partition coefficient (Wildman–Crippen LogP) is 5.18. The molecule has 0 heterocycles. The second-order valence-corrected chi connectivity index (χ2v) is 8.20. The van der Waals surface area contributed by atoms with E-state index >= 15 is 0 Å². The van der Waals surface area contributed by atoms with Gasteiger partial charge in [-0.2, -0.15) is 0 Å². The molecule has 0 fully saturated rings.